The van der Waals surface area contributed by atoms with Gasteiger partial charge in [-0.15, -0.1) is 31.4 Å². The average Bonchev–Trinajstić information content (AvgIpc) is 2.67. The van der Waals surface area contributed by atoms with E-state index in [0.717, 1.165) is 6.34 Å². The van der Waals surface area contributed by atoms with Crippen LogP contribution in [-0.2, 0) is 0 Å². The number of halogens is 6. The summed E-state index contributed by atoms with van der Waals surface area (Å²) in [7, 11) is 1.62. The highest BCUT2D eigenvalue weighted by Crippen LogP contribution is 2.23. The molecule has 0 bridgehead atoms. The van der Waals surface area contributed by atoms with Crippen molar-refractivity contribution in [3.8, 4) is 11.5 Å². The Balaban J connectivity index is 0.000000311. The molecule has 3 N–H and O–H groups in total. The van der Waals surface area contributed by atoms with Crippen LogP contribution in [0.1, 0.15) is 11.1 Å². The molecule has 0 amide bonds. The minimum atomic E-state index is -4.68. The fourth-order valence-corrected chi connectivity index (χ4v) is 1.79. The summed E-state index contributed by atoms with van der Waals surface area (Å²) in [5.74, 6) is -0.531. The molecule has 0 saturated carbocycles. The molecule has 0 spiro atoms. The third-order valence-corrected chi connectivity index (χ3v) is 2.91. The molecule has 2 aromatic rings. The molecule has 0 atom stereocenters. The highest BCUT2D eigenvalue weighted by atomic mass is 19.4. The number of rotatable bonds is 6. The van der Waals surface area contributed by atoms with Gasteiger partial charge in [0.25, 0.3) is 0 Å². The van der Waals surface area contributed by atoms with Crippen LogP contribution in [0.2, 0.25) is 0 Å². The Morgan fingerprint density at radius 3 is 1.52 bits per heavy atom. The van der Waals surface area contributed by atoms with Gasteiger partial charge in [-0.2, -0.15) is 10.2 Å². The molecule has 0 saturated heterocycles. The third-order valence-electron chi connectivity index (χ3n) is 2.91. The number of hydrogen-bond acceptors (Lipinski definition) is 6. The maximum atomic E-state index is 11.8. The molecule has 0 radical (unpaired) electrons. The van der Waals surface area contributed by atoms with Crippen molar-refractivity contribution in [2.24, 2.45) is 21.0 Å². The topological polar surface area (TPSA) is 93.6 Å². The van der Waals surface area contributed by atoms with Crippen molar-refractivity contribution in [3.63, 3.8) is 0 Å². The van der Waals surface area contributed by atoms with Crippen LogP contribution in [0.15, 0.2) is 63.8 Å². The second kappa shape index (κ2) is 12.0. The van der Waals surface area contributed by atoms with E-state index in [2.05, 4.69) is 30.2 Å². The number of benzene rings is 2. The van der Waals surface area contributed by atoms with E-state index in [1.54, 1.807) is 7.05 Å². The van der Waals surface area contributed by atoms with Crippen LogP contribution in [0.5, 0.6) is 11.5 Å². The zero-order chi connectivity index (χ0) is 23.3. The fraction of sp³-hybridized carbons (Fsp3) is 0.167. The summed E-state index contributed by atoms with van der Waals surface area (Å²) in [6, 6.07) is 10.6. The van der Waals surface area contributed by atoms with Gasteiger partial charge in [-0.25, -0.2) is 0 Å². The minimum Gasteiger partial charge on any atom is -0.406 e. The molecule has 2 rings (SSSR count). The maximum Gasteiger partial charge on any atom is 0.573 e. The van der Waals surface area contributed by atoms with Crippen molar-refractivity contribution in [3.05, 3.63) is 59.7 Å². The van der Waals surface area contributed by atoms with Crippen molar-refractivity contribution in [2.75, 3.05) is 7.05 Å². The normalized spacial score (nSPS) is 12.1. The Bertz CT molecular complexity index is 863. The molecule has 2 aromatic carbocycles. The van der Waals surface area contributed by atoms with Crippen molar-refractivity contribution < 1.29 is 35.8 Å². The van der Waals surface area contributed by atoms with E-state index in [9.17, 15) is 26.3 Å². The molecular formula is C18H17F6N5O2. The van der Waals surface area contributed by atoms with Crippen LogP contribution in [0.4, 0.5) is 26.3 Å². The van der Waals surface area contributed by atoms with Gasteiger partial charge >= 0.3 is 12.7 Å². The molecule has 31 heavy (non-hydrogen) atoms. The number of nitrogens with zero attached hydrogens (tertiary/aromatic N) is 3. The quantitative estimate of drug-likeness (QED) is 0.301. The summed E-state index contributed by atoms with van der Waals surface area (Å²) in [5, 5.41) is 10.6. The smallest absolute Gasteiger partial charge is 0.406 e. The summed E-state index contributed by atoms with van der Waals surface area (Å²) < 4.78 is 78.2. The Labute approximate surface area is 172 Å². The van der Waals surface area contributed by atoms with Gasteiger partial charge in [0.05, 0.1) is 12.4 Å². The predicted octanol–water partition coefficient (Wildman–Crippen LogP) is 4.04. The Hall–Kier alpha value is -3.77. The second-order valence-corrected chi connectivity index (χ2v) is 5.22. The number of hydrogen-bond donors (Lipinski definition) is 2. The van der Waals surface area contributed by atoms with E-state index in [4.69, 9.17) is 5.73 Å². The van der Waals surface area contributed by atoms with Crippen LogP contribution in [0.3, 0.4) is 0 Å². The van der Waals surface area contributed by atoms with Gasteiger partial charge in [-0.1, -0.05) is 0 Å². The third kappa shape index (κ3) is 12.4. The van der Waals surface area contributed by atoms with Crippen molar-refractivity contribution in [1.29, 1.82) is 0 Å². The number of nitrogens with one attached hydrogen (secondary N) is 1. The van der Waals surface area contributed by atoms with Crippen molar-refractivity contribution in [2.45, 2.75) is 12.7 Å². The molecule has 0 aliphatic heterocycles. The summed E-state index contributed by atoms with van der Waals surface area (Å²) in [6.07, 6.45) is -5.50. The minimum absolute atomic E-state index is 0.246. The molecule has 0 fully saturated rings. The van der Waals surface area contributed by atoms with E-state index in [1.165, 1.54) is 61.0 Å². The molecule has 0 heterocycles. The summed E-state index contributed by atoms with van der Waals surface area (Å²) in [6.45, 7) is 0. The van der Waals surface area contributed by atoms with Gasteiger partial charge in [-0.05, 0) is 59.7 Å². The Kier molecular flexibility index (Phi) is 9.82. The molecule has 0 aliphatic carbocycles. The first-order valence-corrected chi connectivity index (χ1v) is 8.20. The average molecular weight is 449 g/mol. The number of ether oxygens (including phenoxy) is 2. The molecule has 168 valence electrons. The largest absolute Gasteiger partial charge is 0.573 e. The van der Waals surface area contributed by atoms with Crippen molar-refractivity contribution >= 4 is 18.8 Å². The molecular weight excluding hydrogens is 432 g/mol. The molecule has 13 heteroatoms. The molecule has 0 aliphatic rings. The van der Waals surface area contributed by atoms with Gasteiger partial charge in [0.1, 0.15) is 17.8 Å². The van der Waals surface area contributed by atoms with E-state index < -0.39 is 12.7 Å². The maximum absolute atomic E-state index is 11.8. The monoisotopic (exact) mass is 449 g/mol. The highest BCUT2D eigenvalue weighted by Gasteiger charge is 2.31. The lowest BCUT2D eigenvalue weighted by atomic mass is 10.2. The number of alkyl halides is 6. The molecule has 0 unspecified atom stereocenters. The van der Waals surface area contributed by atoms with Crippen LogP contribution in [0.25, 0.3) is 0 Å². The standard InChI is InChI=1S/C9H8F3N3O.C9H9F3N2O/c10-9(11,12)16-8-3-1-7(2-4-8)5-14-15-6-13;1-13-14-6-7-2-4-8(5-3-7)15-9(10,11)12/h1-6H,(H2,13,15);2-6,13H,1H3/b14-5+;14-6+. The zero-order valence-corrected chi connectivity index (χ0v) is 15.9. The number of hydrazone groups is 1. The lowest BCUT2D eigenvalue weighted by Gasteiger charge is -2.08. The fourth-order valence-electron chi connectivity index (χ4n) is 1.79. The van der Waals surface area contributed by atoms with Gasteiger partial charge in [-0.3, -0.25) is 0 Å². The van der Waals surface area contributed by atoms with E-state index in [-0.39, 0.29) is 11.5 Å². The van der Waals surface area contributed by atoms with Crippen LogP contribution in [0, 0.1) is 0 Å². The Morgan fingerprint density at radius 1 is 0.742 bits per heavy atom. The van der Waals surface area contributed by atoms with Gasteiger partial charge < -0.3 is 20.6 Å². The summed E-state index contributed by atoms with van der Waals surface area (Å²) in [5.41, 5.74) is 8.73. The van der Waals surface area contributed by atoms with Crippen LogP contribution in [-0.4, -0.2) is 38.5 Å². The first-order valence-electron chi connectivity index (χ1n) is 8.20. The summed E-state index contributed by atoms with van der Waals surface area (Å²) >= 11 is 0. The first-order chi connectivity index (χ1) is 14.5. The number of nitrogens with two attached hydrogens (primary N) is 1. The van der Waals surface area contributed by atoms with E-state index in [1.807, 2.05) is 0 Å². The van der Waals surface area contributed by atoms with Crippen LogP contribution < -0.4 is 20.6 Å². The second-order valence-electron chi connectivity index (χ2n) is 5.22. The molecule has 0 aromatic heterocycles. The van der Waals surface area contributed by atoms with Crippen LogP contribution >= 0.6 is 0 Å². The van der Waals surface area contributed by atoms with Gasteiger partial charge in [0.2, 0.25) is 0 Å². The lowest BCUT2D eigenvalue weighted by molar-refractivity contribution is -0.275. The lowest BCUT2D eigenvalue weighted by Crippen LogP contribution is -2.17. The van der Waals surface area contributed by atoms with E-state index >= 15 is 0 Å². The predicted molar refractivity (Wildman–Crippen MR) is 103 cm³/mol. The van der Waals surface area contributed by atoms with Crippen molar-refractivity contribution in [1.82, 2.24) is 5.43 Å². The SMILES string of the molecule is CN/N=C/c1ccc(OC(F)(F)F)cc1.N/C=N\N=C\c1ccc(OC(F)(F)F)cc1. The first kappa shape index (κ1) is 25.3. The molecule has 7 nitrogen and oxygen atoms in total. The van der Waals surface area contributed by atoms with E-state index in [0.29, 0.717) is 11.1 Å². The summed E-state index contributed by atoms with van der Waals surface area (Å²) in [4.78, 5) is 0. The highest BCUT2D eigenvalue weighted by molar-refractivity contribution is 5.80. The van der Waals surface area contributed by atoms with Gasteiger partial charge in [0.15, 0.2) is 0 Å². The zero-order valence-electron chi connectivity index (χ0n) is 15.9. The van der Waals surface area contributed by atoms with Gasteiger partial charge in [0, 0.05) is 7.05 Å². The Morgan fingerprint density at radius 2 is 1.16 bits per heavy atom.